The SMILES string of the molecule is CCCC[C@@](C)(O)C(C)(C)CC=C(C)C. The van der Waals surface area contributed by atoms with Crippen molar-refractivity contribution in [2.75, 3.05) is 0 Å². The molecule has 90 valence electrons. The fourth-order valence-electron chi connectivity index (χ4n) is 1.54. The van der Waals surface area contributed by atoms with E-state index in [1.807, 2.05) is 6.92 Å². The third-order valence-corrected chi connectivity index (χ3v) is 3.50. The van der Waals surface area contributed by atoms with Gasteiger partial charge in [0, 0.05) is 0 Å². The Morgan fingerprint density at radius 1 is 1.20 bits per heavy atom. The van der Waals surface area contributed by atoms with Gasteiger partial charge in [-0.1, -0.05) is 45.3 Å². The summed E-state index contributed by atoms with van der Waals surface area (Å²) in [5.74, 6) is 0. The third-order valence-electron chi connectivity index (χ3n) is 3.50. The summed E-state index contributed by atoms with van der Waals surface area (Å²) in [4.78, 5) is 0. The Morgan fingerprint density at radius 2 is 1.73 bits per heavy atom. The van der Waals surface area contributed by atoms with Crippen molar-refractivity contribution in [1.82, 2.24) is 0 Å². The molecule has 0 bridgehead atoms. The van der Waals surface area contributed by atoms with Crippen molar-refractivity contribution in [3.05, 3.63) is 11.6 Å². The number of unbranched alkanes of at least 4 members (excludes halogenated alkanes) is 1. The molecule has 0 fully saturated rings. The monoisotopic (exact) mass is 212 g/mol. The second kappa shape index (κ2) is 5.69. The topological polar surface area (TPSA) is 20.2 Å². The second-order valence-electron chi connectivity index (χ2n) is 5.75. The van der Waals surface area contributed by atoms with Crippen molar-refractivity contribution >= 4 is 0 Å². The Bertz CT molecular complexity index is 207. The zero-order valence-electron chi connectivity index (χ0n) is 11.4. The fraction of sp³-hybridized carbons (Fsp3) is 0.857. The number of rotatable bonds is 6. The molecule has 0 saturated heterocycles. The molecule has 0 aliphatic rings. The van der Waals surface area contributed by atoms with E-state index in [1.54, 1.807) is 0 Å². The van der Waals surface area contributed by atoms with Crippen LogP contribution in [0.1, 0.15) is 67.2 Å². The van der Waals surface area contributed by atoms with E-state index < -0.39 is 5.60 Å². The van der Waals surface area contributed by atoms with E-state index in [1.165, 1.54) is 5.57 Å². The van der Waals surface area contributed by atoms with E-state index in [4.69, 9.17) is 0 Å². The van der Waals surface area contributed by atoms with E-state index in [2.05, 4.69) is 40.7 Å². The first-order chi connectivity index (χ1) is 6.73. The minimum atomic E-state index is -0.561. The Hall–Kier alpha value is -0.300. The number of allylic oxidation sites excluding steroid dienone is 2. The van der Waals surface area contributed by atoms with Crippen molar-refractivity contribution in [2.45, 2.75) is 72.8 Å². The second-order valence-corrected chi connectivity index (χ2v) is 5.75. The quantitative estimate of drug-likeness (QED) is 0.650. The Morgan fingerprint density at radius 3 is 2.13 bits per heavy atom. The van der Waals surface area contributed by atoms with Gasteiger partial charge in [-0.2, -0.15) is 0 Å². The van der Waals surface area contributed by atoms with Gasteiger partial charge in [-0.15, -0.1) is 0 Å². The molecule has 15 heavy (non-hydrogen) atoms. The third kappa shape index (κ3) is 4.83. The minimum Gasteiger partial charge on any atom is -0.390 e. The zero-order valence-corrected chi connectivity index (χ0v) is 11.4. The molecule has 0 saturated carbocycles. The molecular weight excluding hydrogens is 184 g/mol. The lowest BCUT2D eigenvalue weighted by atomic mass is 9.71. The predicted molar refractivity (Wildman–Crippen MR) is 68.0 cm³/mol. The van der Waals surface area contributed by atoms with Crippen LogP contribution >= 0.6 is 0 Å². The maximum Gasteiger partial charge on any atom is 0.0673 e. The van der Waals surface area contributed by atoms with Crippen molar-refractivity contribution in [3.63, 3.8) is 0 Å². The van der Waals surface area contributed by atoms with Gasteiger partial charge in [-0.25, -0.2) is 0 Å². The number of hydrogen-bond donors (Lipinski definition) is 1. The van der Waals surface area contributed by atoms with Gasteiger partial charge < -0.3 is 5.11 Å². The first-order valence-corrected chi connectivity index (χ1v) is 6.08. The molecule has 1 N–H and O–H groups in total. The number of hydrogen-bond acceptors (Lipinski definition) is 1. The van der Waals surface area contributed by atoms with Gasteiger partial charge in [-0.3, -0.25) is 0 Å². The van der Waals surface area contributed by atoms with E-state index in [0.717, 1.165) is 25.7 Å². The van der Waals surface area contributed by atoms with Crippen molar-refractivity contribution in [1.29, 1.82) is 0 Å². The molecule has 0 amide bonds. The zero-order chi connectivity index (χ0) is 12.1. The normalized spacial score (nSPS) is 15.9. The molecule has 0 radical (unpaired) electrons. The Balaban J connectivity index is 4.46. The van der Waals surface area contributed by atoms with E-state index in [0.29, 0.717) is 0 Å². The number of aliphatic hydroxyl groups is 1. The average molecular weight is 212 g/mol. The van der Waals surface area contributed by atoms with Crippen LogP contribution in [0.15, 0.2) is 11.6 Å². The van der Waals surface area contributed by atoms with E-state index >= 15 is 0 Å². The molecule has 0 rings (SSSR count). The smallest absolute Gasteiger partial charge is 0.0673 e. The molecule has 0 aliphatic carbocycles. The van der Waals surface area contributed by atoms with Crippen LogP contribution < -0.4 is 0 Å². The molecule has 1 atom stereocenters. The molecular formula is C14H28O. The maximum absolute atomic E-state index is 10.5. The van der Waals surface area contributed by atoms with E-state index in [-0.39, 0.29) is 5.41 Å². The van der Waals surface area contributed by atoms with Crippen molar-refractivity contribution in [2.24, 2.45) is 5.41 Å². The average Bonchev–Trinajstić information content (AvgIpc) is 2.11. The van der Waals surface area contributed by atoms with Crippen LogP contribution in [0.5, 0.6) is 0 Å². The molecule has 0 aromatic heterocycles. The van der Waals surface area contributed by atoms with Gasteiger partial charge in [0.2, 0.25) is 0 Å². The summed E-state index contributed by atoms with van der Waals surface area (Å²) in [5.41, 5.74) is 0.725. The van der Waals surface area contributed by atoms with Crippen LogP contribution in [0.25, 0.3) is 0 Å². The van der Waals surface area contributed by atoms with Gasteiger partial charge in [0.15, 0.2) is 0 Å². The van der Waals surface area contributed by atoms with Gasteiger partial charge in [0.25, 0.3) is 0 Å². The highest BCUT2D eigenvalue weighted by Gasteiger charge is 2.37. The van der Waals surface area contributed by atoms with Crippen LogP contribution in [0.2, 0.25) is 0 Å². The molecule has 1 heteroatoms. The molecule has 0 spiro atoms. The standard InChI is InChI=1S/C14H28O/c1-7-8-10-14(6,15)13(4,5)11-9-12(2)3/h9,15H,7-8,10-11H2,1-6H3/t14-/m1/s1. The summed E-state index contributed by atoms with van der Waals surface area (Å²) in [6.45, 7) is 12.7. The lowest BCUT2D eigenvalue weighted by Crippen LogP contribution is -2.41. The fourth-order valence-corrected chi connectivity index (χ4v) is 1.54. The maximum atomic E-state index is 10.5. The first-order valence-electron chi connectivity index (χ1n) is 6.08. The Labute approximate surface area is 95.6 Å². The predicted octanol–water partition coefficient (Wildman–Crippen LogP) is 4.31. The van der Waals surface area contributed by atoms with Crippen LogP contribution in [-0.2, 0) is 0 Å². The van der Waals surface area contributed by atoms with Gasteiger partial charge in [-0.05, 0) is 39.0 Å². The highest BCUT2D eigenvalue weighted by atomic mass is 16.3. The van der Waals surface area contributed by atoms with Crippen LogP contribution in [0.3, 0.4) is 0 Å². The van der Waals surface area contributed by atoms with Gasteiger partial charge in [0.1, 0.15) is 0 Å². The van der Waals surface area contributed by atoms with Crippen molar-refractivity contribution < 1.29 is 5.11 Å². The van der Waals surface area contributed by atoms with Crippen LogP contribution in [-0.4, -0.2) is 10.7 Å². The minimum absolute atomic E-state index is 0.0422. The highest BCUT2D eigenvalue weighted by Crippen LogP contribution is 2.38. The molecule has 0 heterocycles. The van der Waals surface area contributed by atoms with Crippen LogP contribution in [0.4, 0.5) is 0 Å². The molecule has 0 aromatic rings. The summed E-state index contributed by atoms with van der Waals surface area (Å²) in [7, 11) is 0. The molecule has 1 nitrogen and oxygen atoms in total. The first kappa shape index (κ1) is 14.7. The van der Waals surface area contributed by atoms with Crippen LogP contribution in [0, 0.1) is 5.41 Å². The summed E-state index contributed by atoms with van der Waals surface area (Å²) in [6.07, 6.45) is 6.32. The van der Waals surface area contributed by atoms with Gasteiger partial charge in [0.05, 0.1) is 5.60 Å². The highest BCUT2D eigenvalue weighted by molar-refractivity contribution is 5.00. The van der Waals surface area contributed by atoms with Gasteiger partial charge >= 0.3 is 0 Å². The largest absolute Gasteiger partial charge is 0.390 e. The summed E-state index contributed by atoms with van der Waals surface area (Å²) in [5, 5.41) is 10.5. The lowest BCUT2D eigenvalue weighted by molar-refractivity contribution is -0.0577. The lowest BCUT2D eigenvalue weighted by Gasteiger charge is -2.40. The summed E-state index contributed by atoms with van der Waals surface area (Å²) in [6, 6.07) is 0. The summed E-state index contributed by atoms with van der Waals surface area (Å²) < 4.78 is 0. The van der Waals surface area contributed by atoms with Crippen molar-refractivity contribution in [3.8, 4) is 0 Å². The van der Waals surface area contributed by atoms with E-state index in [9.17, 15) is 5.11 Å². The molecule has 0 aromatic carbocycles. The molecule has 0 aliphatic heterocycles. The Kier molecular flexibility index (Phi) is 5.58. The molecule has 0 unspecified atom stereocenters. The summed E-state index contributed by atoms with van der Waals surface area (Å²) >= 11 is 0.